The third-order valence-electron chi connectivity index (χ3n) is 8.26. The Morgan fingerprint density at radius 2 is 1.51 bits per heavy atom. The fraction of sp³-hybridized carbons (Fsp3) is 0.364. The van der Waals surface area contributed by atoms with Crippen LogP contribution in [0.4, 0.5) is 4.79 Å². The van der Waals surface area contributed by atoms with Crippen LogP contribution in [-0.2, 0) is 25.7 Å². The molecule has 3 atom stereocenters. The lowest BCUT2D eigenvalue weighted by Gasteiger charge is -2.32. The molecule has 214 valence electrons. The van der Waals surface area contributed by atoms with Crippen molar-refractivity contribution in [3.05, 3.63) is 95.6 Å². The van der Waals surface area contributed by atoms with Crippen LogP contribution in [0.25, 0.3) is 11.1 Å². The highest BCUT2D eigenvalue weighted by Crippen LogP contribution is 2.44. The van der Waals surface area contributed by atoms with Gasteiger partial charge in [-0.25, -0.2) is 4.79 Å². The molecule has 0 bridgehead atoms. The third kappa shape index (κ3) is 6.60. The number of carbonyl (C=O) groups excluding carboxylic acids is 2. The Hall–Kier alpha value is -4.17. The van der Waals surface area contributed by atoms with Crippen LogP contribution < -0.4 is 10.6 Å². The summed E-state index contributed by atoms with van der Waals surface area (Å²) in [5.41, 5.74) is 5.35. The van der Waals surface area contributed by atoms with Gasteiger partial charge in [0.25, 0.3) is 0 Å². The molecule has 0 aliphatic heterocycles. The highest BCUT2D eigenvalue weighted by Gasteiger charge is 2.35. The Labute approximate surface area is 240 Å². The zero-order valence-electron chi connectivity index (χ0n) is 23.1. The number of benzene rings is 3. The summed E-state index contributed by atoms with van der Waals surface area (Å²) in [7, 11) is 0. The number of aliphatic carboxylic acids is 1. The Balaban J connectivity index is 1.25. The maximum Gasteiger partial charge on any atom is 0.407 e. The first-order valence-corrected chi connectivity index (χ1v) is 14.2. The Morgan fingerprint density at radius 3 is 2.10 bits per heavy atom. The molecule has 41 heavy (non-hydrogen) atoms. The molecule has 2 aliphatic rings. The second-order valence-corrected chi connectivity index (χ2v) is 10.8. The van der Waals surface area contributed by atoms with E-state index >= 15 is 0 Å². The lowest BCUT2D eigenvalue weighted by Crippen LogP contribution is -2.54. The van der Waals surface area contributed by atoms with E-state index in [0.717, 1.165) is 47.1 Å². The number of hydrogen-bond acceptors (Lipinski definition) is 5. The second-order valence-electron chi connectivity index (χ2n) is 10.8. The minimum atomic E-state index is -1.08. The van der Waals surface area contributed by atoms with Gasteiger partial charge in [-0.3, -0.25) is 9.59 Å². The SMILES string of the molecule is C[C@H](OCc1ccccc1)[C@@H](NC(=O)OCC1c2ccccc2-c2ccccc21)C(=O)NCC(C(=O)O)C1CCC1. The first-order valence-electron chi connectivity index (χ1n) is 14.2. The van der Waals surface area contributed by atoms with Gasteiger partial charge in [0.1, 0.15) is 12.6 Å². The van der Waals surface area contributed by atoms with Gasteiger partial charge in [-0.2, -0.15) is 0 Å². The summed E-state index contributed by atoms with van der Waals surface area (Å²) in [6.45, 7) is 2.05. The number of amides is 2. The van der Waals surface area contributed by atoms with Crippen molar-refractivity contribution in [2.75, 3.05) is 13.2 Å². The lowest BCUT2D eigenvalue weighted by atomic mass is 9.76. The number of carboxylic acid groups (broad SMARTS) is 1. The van der Waals surface area contributed by atoms with Crippen LogP contribution in [0.3, 0.4) is 0 Å². The Bertz CT molecular complexity index is 1330. The van der Waals surface area contributed by atoms with E-state index in [0.29, 0.717) is 0 Å². The highest BCUT2D eigenvalue weighted by atomic mass is 16.5. The summed E-state index contributed by atoms with van der Waals surface area (Å²) < 4.78 is 11.7. The van der Waals surface area contributed by atoms with E-state index in [9.17, 15) is 19.5 Å². The highest BCUT2D eigenvalue weighted by molar-refractivity contribution is 5.87. The van der Waals surface area contributed by atoms with Crippen molar-refractivity contribution in [2.45, 2.75) is 50.9 Å². The van der Waals surface area contributed by atoms with Crippen molar-refractivity contribution in [3.8, 4) is 11.1 Å². The molecule has 3 N–H and O–H groups in total. The summed E-state index contributed by atoms with van der Waals surface area (Å²) in [6.07, 6.45) is 1.23. The van der Waals surface area contributed by atoms with E-state index in [4.69, 9.17) is 9.47 Å². The quantitative estimate of drug-likeness (QED) is 0.286. The molecule has 5 rings (SSSR count). The summed E-state index contributed by atoms with van der Waals surface area (Å²) in [5, 5.41) is 15.1. The van der Waals surface area contributed by atoms with Gasteiger partial charge in [-0.05, 0) is 53.5 Å². The molecule has 2 aliphatic carbocycles. The number of ether oxygens (including phenoxy) is 2. The molecule has 0 radical (unpaired) electrons. The number of hydrogen-bond donors (Lipinski definition) is 3. The summed E-state index contributed by atoms with van der Waals surface area (Å²) in [5.74, 6) is -2.17. The van der Waals surface area contributed by atoms with Crippen molar-refractivity contribution in [1.82, 2.24) is 10.6 Å². The zero-order chi connectivity index (χ0) is 28.8. The van der Waals surface area contributed by atoms with Crippen LogP contribution in [0.2, 0.25) is 0 Å². The van der Waals surface area contributed by atoms with Gasteiger partial charge in [-0.1, -0.05) is 85.3 Å². The first-order chi connectivity index (χ1) is 19.9. The van der Waals surface area contributed by atoms with Crippen LogP contribution >= 0.6 is 0 Å². The topological polar surface area (TPSA) is 114 Å². The van der Waals surface area contributed by atoms with Gasteiger partial charge >= 0.3 is 12.1 Å². The summed E-state index contributed by atoms with van der Waals surface area (Å²) in [6, 6.07) is 24.6. The van der Waals surface area contributed by atoms with Gasteiger partial charge in [0.05, 0.1) is 18.6 Å². The van der Waals surface area contributed by atoms with E-state index in [1.54, 1.807) is 6.92 Å². The van der Waals surface area contributed by atoms with Gasteiger partial charge in [0.15, 0.2) is 0 Å². The van der Waals surface area contributed by atoms with Crippen LogP contribution in [0, 0.1) is 11.8 Å². The fourth-order valence-corrected chi connectivity index (χ4v) is 5.68. The number of carboxylic acids is 1. The van der Waals surface area contributed by atoms with Gasteiger partial charge < -0.3 is 25.2 Å². The number of nitrogens with one attached hydrogen (secondary N) is 2. The predicted molar refractivity (Wildman–Crippen MR) is 154 cm³/mol. The molecule has 8 heteroatoms. The first kappa shape index (κ1) is 28.4. The Kier molecular flexibility index (Phi) is 8.99. The third-order valence-corrected chi connectivity index (χ3v) is 8.26. The van der Waals surface area contributed by atoms with Crippen molar-refractivity contribution >= 4 is 18.0 Å². The molecule has 1 fully saturated rings. The Morgan fingerprint density at radius 1 is 0.902 bits per heavy atom. The molecule has 0 saturated heterocycles. The second kappa shape index (κ2) is 13.0. The van der Waals surface area contributed by atoms with E-state index in [1.165, 1.54) is 0 Å². The summed E-state index contributed by atoms with van der Waals surface area (Å²) >= 11 is 0. The van der Waals surface area contributed by atoms with Crippen LogP contribution in [0.15, 0.2) is 78.9 Å². The standard InChI is InChI=1S/C33H36N2O6/c1-21(40-19-22-10-3-2-4-11-22)30(31(36)34-18-28(32(37)38)23-12-9-13-23)35-33(39)41-20-29-26-16-7-5-14-24(26)25-15-6-8-17-27(25)29/h2-8,10-11,14-17,21,23,28-30H,9,12-13,18-20H2,1H3,(H,34,36)(H,35,39)(H,37,38)/t21-,28?,30+/m0/s1. The largest absolute Gasteiger partial charge is 0.481 e. The smallest absolute Gasteiger partial charge is 0.407 e. The maximum absolute atomic E-state index is 13.3. The average molecular weight is 557 g/mol. The molecule has 1 unspecified atom stereocenters. The fourth-order valence-electron chi connectivity index (χ4n) is 5.68. The average Bonchev–Trinajstić information content (AvgIpc) is 3.28. The van der Waals surface area contributed by atoms with E-state index in [1.807, 2.05) is 66.7 Å². The van der Waals surface area contributed by atoms with E-state index in [2.05, 4.69) is 22.8 Å². The molecule has 0 heterocycles. The lowest BCUT2D eigenvalue weighted by molar-refractivity contribution is -0.145. The monoisotopic (exact) mass is 556 g/mol. The number of alkyl carbamates (subject to hydrolysis) is 1. The van der Waals surface area contributed by atoms with Crippen molar-refractivity contribution < 1.29 is 29.0 Å². The van der Waals surface area contributed by atoms with Crippen molar-refractivity contribution in [3.63, 3.8) is 0 Å². The number of fused-ring (bicyclic) bond motifs is 3. The normalized spacial score (nSPS) is 16.4. The van der Waals surface area contributed by atoms with Gasteiger partial charge in [-0.15, -0.1) is 0 Å². The molecular formula is C33H36N2O6. The molecule has 0 aromatic heterocycles. The van der Waals surface area contributed by atoms with Crippen LogP contribution in [0.1, 0.15) is 48.8 Å². The molecule has 0 spiro atoms. The minimum absolute atomic E-state index is 0.00684. The number of carbonyl (C=O) groups is 3. The van der Waals surface area contributed by atoms with E-state index < -0.39 is 36.0 Å². The van der Waals surface area contributed by atoms with Crippen molar-refractivity contribution in [1.29, 1.82) is 0 Å². The molecule has 3 aromatic carbocycles. The molecule has 1 saturated carbocycles. The number of rotatable bonds is 12. The van der Waals surface area contributed by atoms with Crippen LogP contribution in [0.5, 0.6) is 0 Å². The maximum atomic E-state index is 13.3. The summed E-state index contributed by atoms with van der Waals surface area (Å²) in [4.78, 5) is 38.2. The van der Waals surface area contributed by atoms with Crippen LogP contribution in [-0.4, -0.2) is 48.4 Å². The van der Waals surface area contributed by atoms with Crippen molar-refractivity contribution in [2.24, 2.45) is 11.8 Å². The molecule has 3 aromatic rings. The minimum Gasteiger partial charge on any atom is -0.481 e. The molecular weight excluding hydrogens is 520 g/mol. The van der Waals surface area contributed by atoms with Gasteiger partial charge in [0, 0.05) is 12.5 Å². The van der Waals surface area contributed by atoms with Gasteiger partial charge in [0.2, 0.25) is 5.91 Å². The zero-order valence-corrected chi connectivity index (χ0v) is 23.1. The predicted octanol–water partition coefficient (Wildman–Crippen LogP) is 5.12. The molecule has 2 amide bonds. The van der Waals surface area contributed by atoms with E-state index in [-0.39, 0.29) is 31.6 Å². The molecule has 8 nitrogen and oxygen atoms in total.